The minimum absolute atomic E-state index is 0.0419. The van der Waals surface area contributed by atoms with Crippen LogP contribution < -0.4 is 0 Å². The van der Waals surface area contributed by atoms with Gasteiger partial charge in [0.15, 0.2) is 0 Å². The van der Waals surface area contributed by atoms with Gasteiger partial charge in [0.25, 0.3) is 0 Å². The Kier molecular flexibility index (Phi) is 8.82. The van der Waals surface area contributed by atoms with Gasteiger partial charge in [-0.15, -0.1) is 0 Å². The Morgan fingerprint density at radius 2 is 1.31 bits per heavy atom. The van der Waals surface area contributed by atoms with Crippen molar-refractivity contribution in [3.63, 3.8) is 0 Å². The average molecular weight is 356 g/mol. The molecule has 3 heteroatoms. The highest BCUT2D eigenvalue weighted by Crippen LogP contribution is 2.31. The second-order valence-corrected chi connectivity index (χ2v) is 6.77. The standard InChI is InChI=1S/C23H33NO2/c1-5-19-11-7-9-13-21(19)23(22-14-10-8-12-20(22)6-2)26-18-17-25-16-15-24(3)4/h7-14,23H,5-6,15-18H2,1-4H3. The molecule has 0 saturated heterocycles. The number of benzene rings is 2. The molecule has 0 radical (unpaired) electrons. The molecule has 3 nitrogen and oxygen atoms in total. The summed E-state index contributed by atoms with van der Waals surface area (Å²) in [7, 11) is 4.11. The van der Waals surface area contributed by atoms with E-state index in [9.17, 15) is 0 Å². The molecule has 2 aromatic carbocycles. The van der Waals surface area contributed by atoms with E-state index < -0.39 is 0 Å². The minimum atomic E-state index is -0.0419. The van der Waals surface area contributed by atoms with E-state index in [1.54, 1.807) is 0 Å². The predicted molar refractivity (Wildman–Crippen MR) is 109 cm³/mol. The van der Waals surface area contributed by atoms with Gasteiger partial charge in [-0.1, -0.05) is 62.4 Å². The molecule has 0 aliphatic rings. The van der Waals surface area contributed by atoms with E-state index in [4.69, 9.17) is 9.47 Å². The smallest absolute Gasteiger partial charge is 0.108 e. The molecule has 0 aliphatic carbocycles. The summed E-state index contributed by atoms with van der Waals surface area (Å²) in [5.41, 5.74) is 5.22. The SMILES string of the molecule is CCc1ccccc1C(OCCOCCN(C)C)c1ccccc1CC. The van der Waals surface area contributed by atoms with Gasteiger partial charge in [-0.2, -0.15) is 0 Å². The molecule has 2 rings (SSSR count). The van der Waals surface area contributed by atoms with E-state index in [1.165, 1.54) is 22.3 Å². The highest BCUT2D eigenvalue weighted by atomic mass is 16.5. The van der Waals surface area contributed by atoms with Crippen LogP contribution in [0.2, 0.25) is 0 Å². The molecule has 0 aromatic heterocycles. The molecule has 0 aliphatic heterocycles. The topological polar surface area (TPSA) is 21.7 Å². The molecule has 0 heterocycles. The third-order valence-electron chi connectivity index (χ3n) is 4.63. The normalized spacial score (nSPS) is 11.5. The van der Waals surface area contributed by atoms with Crippen molar-refractivity contribution in [2.24, 2.45) is 0 Å². The Morgan fingerprint density at radius 3 is 1.81 bits per heavy atom. The summed E-state index contributed by atoms with van der Waals surface area (Å²) in [5, 5.41) is 0. The van der Waals surface area contributed by atoms with Crippen molar-refractivity contribution in [3.05, 3.63) is 70.8 Å². The van der Waals surface area contributed by atoms with Crippen molar-refractivity contribution >= 4 is 0 Å². The van der Waals surface area contributed by atoms with E-state index in [0.717, 1.165) is 26.0 Å². The summed E-state index contributed by atoms with van der Waals surface area (Å²) in [4.78, 5) is 2.12. The number of hydrogen-bond acceptors (Lipinski definition) is 3. The molecule has 0 N–H and O–H groups in total. The second-order valence-electron chi connectivity index (χ2n) is 6.77. The highest BCUT2D eigenvalue weighted by molar-refractivity contribution is 5.40. The van der Waals surface area contributed by atoms with Gasteiger partial charge in [0.05, 0.1) is 19.8 Å². The molecule has 0 bridgehead atoms. The lowest BCUT2D eigenvalue weighted by atomic mass is 9.92. The van der Waals surface area contributed by atoms with Crippen LogP contribution in [0.25, 0.3) is 0 Å². The zero-order valence-electron chi connectivity index (χ0n) is 16.7. The first kappa shape index (κ1) is 20.6. The van der Waals surface area contributed by atoms with Gasteiger partial charge in [-0.25, -0.2) is 0 Å². The van der Waals surface area contributed by atoms with E-state index in [-0.39, 0.29) is 6.10 Å². The van der Waals surface area contributed by atoms with Gasteiger partial charge in [-0.3, -0.25) is 0 Å². The molecule has 0 amide bonds. The van der Waals surface area contributed by atoms with Crippen LogP contribution in [-0.2, 0) is 22.3 Å². The molecule has 0 saturated carbocycles. The van der Waals surface area contributed by atoms with Crippen LogP contribution in [0.1, 0.15) is 42.2 Å². The van der Waals surface area contributed by atoms with Gasteiger partial charge < -0.3 is 14.4 Å². The predicted octanol–water partition coefficient (Wildman–Crippen LogP) is 4.50. The quantitative estimate of drug-likeness (QED) is 0.554. The van der Waals surface area contributed by atoms with Gasteiger partial charge in [0.2, 0.25) is 0 Å². The van der Waals surface area contributed by atoms with Crippen molar-refractivity contribution in [1.82, 2.24) is 4.90 Å². The number of hydrogen-bond donors (Lipinski definition) is 0. The second kappa shape index (κ2) is 11.1. The first-order chi connectivity index (χ1) is 12.7. The lowest BCUT2D eigenvalue weighted by Crippen LogP contribution is -2.20. The molecule has 26 heavy (non-hydrogen) atoms. The third-order valence-corrected chi connectivity index (χ3v) is 4.63. The Bertz CT molecular complexity index is 607. The minimum Gasteiger partial charge on any atom is -0.378 e. The molecule has 0 atom stereocenters. The lowest BCUT2D eigenvalue weighted by Gasteiger charge is -2.24. The fourth-order valence-electron chi connectivity index (χ4n) is 3.15. The summed E-state index contributed by atoms with van der Waals surface area (Å²) < 4.78 is 12.1. The zero-order valence-corrected chi connectivity index (χ0v) is 16.7. The van der Waals surface area contributed by atoms with E-state index in [2.05, 4.69) is 81.4 Å². The number of likely N-dealkylation sites (N-methyl/N-ethyl adjacent to an activating group) is 1. The van der Waals surface area contributed by atoms with Crippen LogP contribution in [0.15, 0.2) is 48.5 Å². The third kappa shape index (κ3) is 5.94. The Labute approximate surface area is 158 Å². The Hall–Kier alpha value is -1.68. The van der Waals surface area contributed by atoms with Crippen LogP contribution >= 0.6 is 0 Å². The van der Waals surface area contributed by atoms with Crippen molar-refractivity contribution in [1.29, 1.82) is 0 Å². The van der Waals surface area contributed by atoms with Gasteiger partial charge in [0, 0.05) is 6.54 Å². The Morgan fingerprint density at radius 1 is 0.769 bits per heavy atom. The van der Waals surface area contributed by atoms with E-state index in [0.29, 0.717) is 13.2 Å². The van der Waals surface area contributed by atoms with Crippen LogP contribution in [0.5, 0.6) is 0 Å². The first-order valence-electron chi connectivity index (χ1n) is 9.67. The maximum atomic E-state index is 6.37. The zero-order chi connectivity index (χ0) is 18.8. The van der Waals surface area contributed by atoms with Crippen LogP contribution in [0, 0.1) is 0 Å². The number of aryl methyl sites for hydroxylation is 2. The first-order valence-corrected chi connectivity index (χ1v) is 9.67. The number of rotatable bonds is 11. The molecule has 142 valence electrons. The summed E-state index contributed by atoms with van der Waals surface area (Å²) in [6, 6.07) is 17.2. The molecular formula is C23H33NO2. The molecule has 0 unspecified atom stereocenters. The van der Waals surface area contributed by atoms with E-state index >= 15 is 0 Å². The molecular weight excluding hydrogens is 322 g/mol. The van der Waals surface area contributed by atoms with Crippen LogP contribution in [0.3, 0.4) is 0 Å². The van der Waals surface area contributed by atoms with Crippen molar-refractivity contribution in [2.75, 3.05) is 40.5 Å². The van der Waals surface area contributed by atoms with Crippen molar-refractivity contribution < 1.29 is 9.47 Å². The van der Waals surface area contributed by atoms with Crippen LogP contribution in [-0.4, -0.2) is 45.4 Å². The maximum Gasteiger partial charge on any atom is 0.108 e. The monoisotopic (exact) mass is 355 g/mol. The summed E-state index contributed by atoms with van der Waals surface area (Å²) in [5.74, 6) is 0. The fourth-order valence-corrected chi connectivity index (χ4v) is 3.15. The van der Waals surface area contributed by atoms with Crippen molar-refractivity contribution in [2.45, 2.75) is 32.8 Å². The number of ether oxygens (including phenoxy) is 2. The molecule has 0 fully saturated rings. The summed E-state index contributed by atoms with van der Waals surface area (Å²) in [6.45, 7) is 7.28. The lowest BCUT2D eigenvalue weighted by molar-refractivity contribution is 0.0162. The number of nitrogens with zero attached hydrogens (tertiary/aromatic N) is 1. The molecule has 0 spiro atoms. The highest BCUT2D eigenvalue weighted by Gasteiger charge is 2.19. The van der Waals surface area contributed by atoms with Gasteiger partial charge >= 0.3 is 0 Å². The largest absolute Gasteiger partial charge is 0.378 e. The fraction of sp³-hybridized carbons (Fsp3) is 0.478. The Balaban J connectivity index is 2.15. The molecule has 2 aromatic rings. The van der Waals surface area contributed by atoms with Crippen LogP contribution in [0.4, 0.5) is 0 Å². The van der Waals surface area contributed by atoms with Crippen molar-refractivity contribution in [3.8, 4) is 0 Å². The maximum absolute atomic E-state index is 6.37. The average Bonchev–Trinajstić information content (AvgIpc) is 2.67. The van der Waals surface area contributed by atoms with E-state index in [1.807, 2.05) is 0 Å². The van der Waals surface area contributed by atoms with Gasteiger partial charge in [-0.05, 0) is 49.2 Å². The summed E-state index contributed by atoms with van der Waals surface area (Å²) in [6.07, 6.45) is 1.97. The summed E-state index contributed by atoms with van der Waals surface area (Å²) >= 11 is 0. The van der Waals surface area contributed by atoms with Gasteiger partial charge in [0.1, 0.15) is 6.10 Å².